The molecule has 13 aromatic rings. The molecule has 0 aliphatic carbocycles. The normalized spacial score (nSPS) is 11.6. The smallest absolute Gasteiger partial charge is 0.143 e. The van der Waals surface area contributed by atoms with E-state index in [4.69, 9.17) is 4.42 Å². The van der Waals surface area contributed by atoms with E-state index in [0.717, 1.165) is 66.9 Å². The zero-order valence-corrected chi connectivity index (χ0v) is 36.6. The van der Waals surface area contributed by atoms with Gasteiger partial charge in [0.15, 0.2) is 0 Å². The molecule has 0 fully saturated rings. The molecule has 67 heavy (non-hydrogen) atoms. The van der Waals surface area contributed by atoms with Crippen molar-refractivity contribution in [1.82, 2.24) is 4.57 Å². The maximum atomic E-state index is 6.46. The van der Waals surface area contributed by atoms with Gasteiger partial charge in [0.05, 0.1) is 16.7 Å². The number of rotatable bonds is 8. The number of hydrogen-bond acceptors (Lipinski definition) is 2. The number of fused-ring (bicyclic) bond motifs is 7. The number of para-hydroxylation sites is 5. The second kappa shape index (κ2) is 16.0. The van der Waals surface area contributed by atoms with Gasteiger partial charge in [-0.15, -0.1) is 0 Å². The Labute approximate surface area is 388 Å². The lowest BCUT2D eigenvalue weighted by Gasteiger charge is -2.26. The van der Waals surface area contributed by atoms with Crippen molar-refractivity contribution >= 4 is 71.6 Å². The third-order valence-corrected chi connectivity index (χ3v) is 13.4. The molecule has 2 aromatic heterocycles. The first-order valence-corrected chi connectivity index (χ1v) is 22.9. The third kappa shape index (κ3) is 6.67. The maximum absolute atomic E-state index is 6.46. The molecule has 3 nitrogen and oxygen atoms in total. The van der Waals surface area contributed by atoms with E-state index in [1.165, 1.54) is 54.8 Å². The molecule has 0 bridgehead atoms. The van der Waals surface area contributed by atoms with Gasteiger partial charge in [-0.2, -0.15) is 0 Å². The molecular formula is C64H42N2O. The molecule has 0 radical (unpaired) electrons. The Morgan fingerprint density at radius 1 is 0.299 bits per heavy atom. The van der Waals surface area contributed by atoms with Crippen molar-refractivity contribution < 1.29 is 4.42 Å². The second-order valence-electron chi connectivity index (χ2n) is 17.3. The summed E-state index contributed by atoms with van der Waals surface area (Å²) < 4.78 is 8.86. The molecule has 0 amide bonds. The van der Waals surface area contributed by atoms with E-state index in [-0.39, 0.29) is 0 Å². The summed E-state index contributed by atoms with van der Waals surface area (Å²) in [6.07, 6.45) is 0. The van der Waals surface area contributed by atoms with E-state index in [9.17, 15) is 0 Å². The van der Waals surface area contributed by atoms with E-state index in [2.05, 4.69) is 252 Å². The van der Waals surface area contributed by atoms with Crippen LogP contribution in [0.2, 0.25) is 0 Å². The Morgan fingerprint density at radius 2 is 0.806 bits per heavy atom. The van der Waals surface area contributed by atoms with Crippen molar-refractivity contribution in [2.24, 2.45) is 0 Å². The number of aromatic nitrogens is 1. The zero-order chi connectivity index (χ0) is 44.3. The predicted molar refractivity (Wildman–Crippen MR) is 282 cm³/mol. The lowest BCUT2D eigenvalue weighted by Crippen LogP contribution is -2.10. The van der Waals surface area contributed by atoms with E-state index >= 15 is 0 Å². The summed E-state index contributed by atoms with van der Waals surface area (Å²) in [6, 6.07) is 91.9. The first kappa shape index (κ1) is 38.5. The molecule has 11 aromatic carbocycles. The van der Waals surface area contributed by atoms with Crippen molar-refractivity contribution in [2.75, 3.05) is 4.90 Å². The van der Waals surface area contributed by atoms with Gasteiger partial charge >= 0.3 is 0 Å². The number of nitrogens with zero attached hydrogens (tertiary/aromatic N) is 2. The average molecular weight is 855 g/mol. The molecule has 314 valence electrons. The molecule has 0 spiro atoms. The number of benzene rings is 11. The van der Waals surface area contributed by atoms with Gasteiger partial charge in [-0.25, -0.2) is 0 Å². The Bertz CT molecular complexity index is 3920. The SMILES string of the molecule is c1cc(-c2ccc(-c3ccccc3-n3c4ccccc4c4ccccc43)cc2)cc(N(c2ccc(-c3ccc4ccccc4c3)cc2)c2ccc(-c3cccc4c3oc3ccccc34)cc2)c1. The highest BCUT2D eigenvalue weighted by atomic mass is 16.3. The molecule has 0 aliphatic rings. The van der Waals surface area contributed by atoms with Crippen molar-refractivity contribution in [3.63, 3.8) is 0 Å². The van der Waals surface area contributed by atoms with Crippen molar-refractivity contribution in [3.8, 4) is 50.2 Å². The zero-order valence-electron chi connectivity index (χ0n) is 36.6. The van der Waals surface area contributed by atoms with Crippen LogP contribution in [-0.4, -0.2) is 4.57 Å². The Kier molecular flexibility index (Phi) is 9.17. The first-order chi connectivity index (χ1) is 33.2. The van der Waals surface area contributed by atoms with Gasteiger partial charge in [0.2, 0.25) is 0 Å². The topological polar surface area (TPSA) is 21.3 Å². The summed E-state index contributed by atoms with van der Waals surface area (Å²) >= 11 is 0. The second-order valence-corrected chi connectivity index (χ2v) is 17.3. The van der Waals surface area contributed by atoms with Crippen LogP contribution < -0.4 is 4.90 Å². The van der Waals surface area contributed by atoms with Gasteiger partial charge in [0, 0.05) is 49.7 Å². The van der Waals surface area contributed by atoms with Crippen LogP contribution in [0.4, 0.5) is 17.1 Å². The minimum absolute atomic E-state index is 0.901. The summed E-state index contributed by atoms with van der Waals surface area (Å²) in [5, 5.41) is 7.26. The lowest BCUT2D eigenvalue weighted by molar-refractivity contribution is 0.670. The number of hydrogen-bond donors (Lipinski definition) is 0. The fourth-order valence-electron chi connectivity index (χ4n) is 10.1. The molecule has 2 heterocycles. The largest absolute Gasteiger partial charge is 0.455 e. The molecule has 3 heteroatoms. The van der Waals surface area contributed by atoms with Gasteiger partial charge in [0.1, 0.15) is 11.2 Å². The van der Waals surface area contributed by atoms with Crippen molar-refractivity contribution in [1.29, 1.82) is 0 Å². The quantitative estimate of drug-likeness (QED) is 0.152. The summed E-state index contributed by atoms with van der Waals surface area (Å²) in [5.41, 5.74) is 17.8. The standard InChI is InChI=1S/C64H42N2O/c1-2-14-48-41-50(32-29-43(48)13-1)45-33-37-51(38-34-45)65(52-39-35-47(36-40-52)55-21-12-22-59-58-20-6-10-26-63(58)67-64(55)59)53-16-11-15-49(42-53)44-27-30-46(31-28-44)54-17-3-7-23-60(54)66-61-24-8-4-18-56(61)57-19-5-9-25-62(57)66/h1-42H. The molecule has 0 saturated carbocycles. The predicted octanol–water partition coefficient (Wildman–Crippen LogP) is 18.0. The minimum Gasteiger partial charge on any atom is -0.455 e. The van der Waals surface area contributed by atoms with E-state index in [0.29, 0.717) is 0 Å². The highest BCUT2D eigenvalue weighted by molar-refractivity contribution is 6.11. The van der Waals surface area contributed by atoms with Crippen LogP contribution in [0, 0.1) is 0 Å². The highest BCUT2D eigenvalue weighted by Gasteiger charge is 2.18. The van der Waals surface area contributed by atoms with Gasteiger partial charge in [-0.3, -0.25) is 0 Å². The van der Waals surface area contributed by atoms with Gasteiger partial charge in [0.25, 0.3) is 0 Å². The molecule has 0 atom stereocenters. The molecule has 13 rings (SSSR count). The fraction of sp³-hybridized carbons (Fsp3) is 0. The van der Waals surface area contributed by atoms with Crippen molar-refractivity contribution in [3.05, 3.63) is 255 Å². The Morgan fingerprint density at radius 3 is 1.55 bits per heavy atom. The summed E-state index contributed by atoms with van der Waals surface area (Å²) in [7, 11) is 0. The van der Waals surface area contributed by atoms with Gasteiger partial charge < -0.3 is 13.9 Å². The first-order valence-electron chi connectivity index (χ1n) is 22.9. The van der Waals surface area contributed by atoms with Crippen LogP contribution in [0.3, 0.4) is 0 Å². The van der Waals surface area contributed by atoms with Crippen LogP contribution >= 0.6 is 0 Å². The van der Waals surface area contributed by atoms with Crippen LogP contribution in [-0.2, 0) is 0 Å². The number of furan rings is 1. The van der Waals surface area contributed by atoms with Crippen LogP contribution in [0.25, 0.3) is 105 Å². The monoisotopic (exact) mass is 854 g/mol. The maximum Gasteiger partial charge on any atom is 0.143 e. The molecule has 0 N–H and O–H groups in total. The van der Waals surface area contributed by atoms with Crippen LogP contribution in [0.15, 0.2) is 259 Å². The summed E-state index contributed by atoms with van der Waals surface area (Å²) in [6.45, 7) is 0. The van der Waals surface area contributed by atoms with Crippen LogP contribution in [0.1, 0.15) is 0 Å². The Balaban J connectivity index is 0.876. The van der Waals surface area contributed by atoms with Crippen molar-refractivity contribution in [2.45, 2.75) is 0 Å². The average Bonchev–Trinajstić information content (AvgIpc) is 3.95. The van der Waals surface area contributed by atoms with E-state index in [1.807, 2.05) is 12.1 Å². The molecule has 0 unspecified atom stereocenters. The number of anilines is 3. The van der Waals surface area contributed by atoms with E-state index in [1.54, 1.807) is 0 Å². The van der Waals surface area contributed by atoms with Gasteiger partial charge in [-0.05, 0) is 111 Å². The summed E-state index contributed by atoms with van der Waals surface area (Å²) in [5.74, 6) is 0. The Hall–Kier alpha value is -8.92. The van der Waals surface area contributed by atoms with E-state index < -0.39 is 0 Å². The summed E-state index contributed by atoms with van der Waals surface area (Å²) in [4.78, 5) is 2.36. The molecule has 0 saturated heterocycles. The van der Waals surface area contributed by atoms with Crippen LogP contribution in [0.5, 0.6) is 0 Å². The lowest BCUT2D eigenvalue weighted by atomic mass is 9.98. The fourth-order valence-corrected chi connectivity index (χ4v) is 10.1. The molecular weight excluding hydrogens is 813 g/mol. The minimum atomic E-state index is 0.901. The third-order valence-electron chi connectivity index (χ3n) is 13.4. The van der Waals surface area contributed by atoms with Gasteiger partial charge in [-0.1, -0.05) is 188 Å². The molecule has 0 aliphatic heterocycles. The highest BCUT2D eigenvalue weighted by Crippen LogP contribution is 2.42.